The second-order valence-corrected chi connectivity index (χ2v) is 7.29. The van der Waals surface area contributed by atoms with Gasteiger partial charge in [-0.2, -0.15) is 0 Å². The van der Waals surface area contributed by atoms with E-state index in [9.17, 15) is 13.2 Å². The Kier molecular flexibility index (Phi) is 5.46. The number of aliphatic hydroxyl groups excluding tert-OH is 2. The molecule has 8 heteroatoms. The lowest BCUT2D eigenvalue weighted by Gasteiger charge is -2.26. The monoisotopic (exact) mass is 316 g/mol. The van der Waals surface area contributed by atoms with E-state index >= 15 is 0 Å². The first-order valence-electron chi connectivity index (χ1n) is 6.23. The Balaban J connectivity index is 2.96. The Morgan fingerprint density at radius 2 is 1.67 bits per heavy atom. The number of hydrogen-bond acceptors (Lipinski definition) is 5. The number of nitrogens with zero attached hydrogens (tertiary/aromatic N) is 1. The number of hydrogen-bond donors (Lipinski definition) is 3. The van der Waals surface area contributed by atoms with Gasteiger partial charge in [-0.3, -0.25) is 4.79 Å². The van der Waals surface area contributed by atoms with E-state index in [2.05, 4.69) is 5.32 Å². The van der Waals surface area contributed by atoms with Gasteiger partial charge in [0.1, 0.15) is 0 Å². The van der Waals surface area contributed by atoms with Crippen molar-refractivity contribution in [1.29, 1.82) is 0 Å². The van der Waals surface area contributed by atoms with Gasteiger partial charge in [-0.25, -0.2) is 12.7 Å². The van der Waals surface area contributed by atoms with Crippen LogP contribution >= 0.6 is 0 Å². The van der Waals surface area contributed by atoms with Crippen molar-refractivity contribution in [2.45, 2.75) is 17.4 Å². The summed E-state index contributed by atoms with van der Waals surface area (Å²) in [6.07, 6.45) is 0. The Bertz CT molecular complexity index is 591. The maximum atomic E-state index is 12.0. The molecule has 3 N–H and O–H groups in total. The van der Waals surface area contributed by atoms with Gasteiger partial charge in [0.25, 0.3) is 5.91 Å². The maximum absolute atomic E-state index is 12.0. The summed E-state index contributed by atoms with van der Waals surface area (Å²) in [6, 6.07) is 5.42. The highest BCUT2D eigenvalue weighted by atomic mass is 32.2. The molecule has 0 saturated heterocycles. The molecule has 1 aromatic rings. The van der Waals surface area contributed by atoms with Gasteiger partial charge in [0.15, 0.2) is 0 Å². The minimum Gasteiger partial charge on any atom is -0.394 e. The zero-order chi connectivity index (χ0) is 16.3. The van der Waals surface area contributed by atoms with Gasteiger partial charge in [-0.05, 0) is 31.2 Å². The molecule has 0 aromatic heterocycles. The lowest BCUT2D eigenvalue weighted by atomic mass is 10.0. The average Bonchev–Trinajstić information content (AvgIpc) is 2.47. The van der Waals surface area contributed by atoms with Crippen molar-refractivity contribution in [1.82, 2.24) is 9.62 Å². The molecule has 21 heavy (non-hydrogen) atoms. The highest BCUT2D eigenvalue weighted by molar-refractivity contribution is 7.89. The van der Waals surface area contributed by atoms with Gasteiger partial charge >= 0.3 is 0 Å². The van der Waals surface area contributed by atoms with E-state index < -0.39 is 34.7 Å². The van der Waals surface area contributed by atoms with Crippen LogP contribution in [-0.4, -0.2) is 61.7 Å². The van der Waals surface area contributed by atoms with Gasteiger partial charge in [0.05, 0.1) is 23.6 Å². The molecule has 0 atom stereocenters. The van der Waals surface area contributed by atoms with Crippen molar-refractivity contribution in [2.24, 2.45) is 0 Å². The molecule has 0 aliphatic rings. The van der Waals surface area contributed by atoms with Gasteiger partial charge in [-0.15, -0.1) is 0 Å². The first-order valence-corrected chi connectivity index (χ1v) is 7.67. The van der Waals surface area contributed by atoms with Gasteiger partial charge in [-0.1, -0.05) is 0 Å². The SMILES string of the molecule is CN(C)S(=O)(=O)c1ccc(C(=O)NC(C)(CO)CO)cc1. The van der Waals surface area contributed by atoms with Crippen LogP contribution in [0.5, 0.6) is 0 Å². The van der Waals surface area contributed by atoms with Crippen molar-refractivity contribution in [3.63, 3.8) is 0 Å². The van der Waals surface area contributed by atoms with E-state index in [4.69, 9.17) is 10.2 Å². The van der Waals surface area contributed by atoms with Crippen LogP contribution in [-0.2, 0) is 10.0 Å². The molecule has 1 amide bonds. The fraction of sp³-hybridized carbons (Fsp3) is 0.462. The summed E-state index contributed by atoms with van der Waals surface area (Å²) < 4.78 is 24.9. The van der Waals surface area contributed by atoms with Crippen molar-refractivity contribution >= 4 is 15.9 Å². The van der Waals surface area contributed by atoms with Crippen molar-refractivity contribution < 1.29 is 23.4 Å². The Hall–Kier alpha value is -1.48. The van der Waals surface area contributed by atoms with Crippen LogP contribution in [0.1, 0.15) is 17.3 Å². The Morgan fingerprint density at radius 1 is 1.19 bits per heavy atom. The van der Waals surface area contributed by atoms with Gasteiger partial charge in [0.2, 0.25) is 10.0 Å². The largest absolute Gasteiger partial charge is 0.394 e. The Labute approximate surface area is 124 Å². The standard InChI is InChI=1S/C13H20N2O5S/c1-13(8-16,9-17)14-12(18)10-4-6-11(7-5-10)21(19,20)15(2)3/h4-7,16-17H,8-9H2,1-3H3,(H,14,18). The zero-order valence-electron chi connectivity index (χ0n) is 12.2. The van der Waals surface area contributed by atoms with Crippen LogP contribution in [0, 0.1) is 0 Å². The summed E-state index contributed by atoms with van der Waals surface area (Å²) in [5.74, 6) is -0.505. The van der Waals surface area contributed by atoms with Crippen LogP contribution in [0.25, 0.3) is 0 Å². The molecule has 118 valence electrons. The molecular formula is C13H20N2O5S. The van der Waals surface area contributed by atoms with Gasteiger partial charge < -0.3 is 15.5 Å². The molecule has 0 saturated carbocycles. The molecular weight excluding hydrogens is 296 g/mol. The van der Waals surface area contributed by atoms with Crippen molar-refractivity contribution in [3.05, 3.63) is 29.8 Å². The van der Waals surface area contributed by atoms with Gasteiger partial charge in [0, 0.05) is 19.7 Å². The third-order valence-corrected chi connectivity index (χ3v) is 4.84. The number of sulfonamides is 1. The molecule has 0 heterocycles. The highest BCUT2D eigenvalue weighted by Gasteiger charge is 2.25. The molecule has 0 unspecified atom stereocenters. The average molecular weight is 316 g/mol. The quantitative estimate of drug-likeness (QED) is 0.650. The first kappa shape index (κ1) is 17.6. The molecule has 0 aliphatic carbocycles. The predicted octanol–water partition coefficient (Wildman–Crippen LogP) is -0.590. The number of benzene rings is 1. The lowest BCUT2D eigenvalue weighted by Crippen LogP contribution is -2.51. The highest BCUT2D eigenvalue weighted by Crippen LogP contribution is 2.14. The summed E-state index contributed by atoms with van der Waals surface area (Å²) in [4.78, 5) is 12.1. The number of carbonyl (C=O) groups excluding carboxylic acids is 1. The van der Waals surface area contributed by atoms with E-state index in [-0.39, 0.29) is 10.5 Å². The minimum atomic E-state index is -3.54. The molecule has 0 radical (unpaired) electrons. The molecule has 0 aliphatic heterocycles. The van der Waals surface area contributed by atoms with Crippen LogP contribution in [0.2, 0.25) is 0 Å². The molecule has 1 rings (SSSR count). The summed E-state index contributed by atoms with van der Waals surface area (Å²) in [7, 11) is -0.701. The van der Waals surface area contributed by atoms with Crippen LogP contribution in [0.4, 0.5) is 0 Å². The zero-order valence-corrected chi connectivity index (χ0v) is 13.0. The summed E-state index contributed by atoms with van der Waals surface area (Å²) in [6.45, 7) is 0.667. The molecule has 0 bridgehead atoms. The minimum absolute atomic E-state index is 0.0797. The van der Waals surface area contributed by atoms with E-state index in [1.165, 1.54) is 45.3 Å². The molecule has 0 spiro atoms. The second kappa shape index (κ2) is 6.52. The summed E-state index contributed by atoms with van der Waals surface area (Å²) >= 11 is 0. The van der Waals surface area contributed by atoms with E-state index in [0.717, 1.165) is 4.31 Å². The summed E-state index contributed by atoms with van der Waals surface area (Å²) in [5, 5.41) is 20.8. The normalized spacial score (nSPS) is 12.5. The van der Waals surface area contributed by atoms with Crippen molar-refractivity contribution in [2.75, 3.05) is 27.3 Å². The smallest absolute Gasteiger partial charge is 0.251 e. The number of aliphatic hydroxyl groups is 2. The third-order valence-electron chi connectivity index (χ3n) is 3.01. The molecule has 0 fully saturated rings. The fourth-order valence-electron chi connectivity index (χ4n) is 1.46. The lowest BCUT2D eigenvalue weighted by molar-refractivity contribution is 0.0724. The number of carbonyl (C=O) groups is 1. The predicted molar refractivity (Wildman–Crippen MR) is 77.4 cm³/mol. The van der Waals surface area contributed by atoms with E-state index in [0.29, 0.717) is 0 Å². The van der Waals surface area contributed by atoms with Crippen LogP contribution in [0.3, 0.4) is 0 Å². The fourth-order valence-corrected chi connectivity index (χ4v) is 2.37. The maximum Gasteiger partial charge on any atom is 0.251 e. The van der Waals surface area contributed by atoms with Crippen LogP contribution < -0.4 is 5.32 Å². The van der Waals surface area contributed by atoms with E-state index in [1.807, 2.05) is 0 Å². The van der Waals surface area contributed by atoms with Crippen LogP contribution in [0.15, 0.2) is 29.2 Å². The summed E-state index contributed by atoms with van der Waals surface area (Å²) in [5.41, 5.74) is -0.897. The second-order valence-electron chi connectivity index (χ2n) is 5.14. The Morgan fingerprint density at radius 3 is 2.05 bits per heavy atom. The third kappa shape index (κ3) is 4.01. The van der Waals surface area contributed by atoms with Crippen molar-refractivity contribution in [3.8, 4) is 0 Å². The number of amides is 1. The number of rotatable bonds is 6. The molecule has 1 aromatic carbocycles. The number of nitrogens with one attached hydrogen (secondary N) is 1. The van der Waals surface area contributed by atoms with E-state index in [1.54, 1.807) is 0 Å². The topological polar surface area (TPSA) is 107 Å². The first-order chi connectivity index (χ1) is 9.66. The molecule has 7 nitrogen and oxygen atoms in total.